The first-order valence-electron chi connectivity index (χ1n) is 8.46. The molecule has 0 atom stereocenters. The molecule has 1 amide bonds. The molecule has 26 heavy (non-hydrogen) atoms. The van der Waals surface area contributed by atoms with Gasteiger partial charge < -0.3 is 5.32 Å². The molecule has 0 aliphatic heterocycles. The van der Waals surface area contributed by atoms with Crippen LogP contribution in [-0.2, 0) is 7.05 Å². The molecule has 3 aromatic rings. The lowest BCUT2D eigenvalue weighted by Crippen LogP contribution is -2.15. The van der Waals surface area contributed by atoms with Crippen molar-refractivity contribution < 1.29 is 9.18 Å². The molecular formula is C21H22FN3O. The number of amides is 1. The Balaban J connectivity index is 1.91. The van der Waals surface area contributed by atoms with Gasteiger partial charge in [-0.15, -0.1) is 0 Å². The van der Waals surface area contributed by atoms with Crippen LogP contribution in [0.2, 0.25) is 0 Å². The fourth-order valence-electron chi connectivity index (χ4n) is 3.21. The highest BCUT2D eigenvalue weighted by molar-refractivity contribution is 6.04. The summed E-state index contributed by atoms with van der Waals surface area (Å²) in [7, 11) is 1.77. The Morgan fingerprint density at radius 1 is 1.00 bits per heavy atom. The van der Waals surface area contributed by atoms with E-state index in [1.54, 1.807) is 36.9 Å². The molecule has 0 saturated carbocycles. The molecule has 2 aromatic carbocycles. The van der Waals surface area contributed by atoms with E-state index in [9.17, 15) is 9.18 Å². The second-order valence-corrected chi connectivity index (χ2v) is 6.73. The molecule has 0 aliphatic carbocycles. The third-order valence-electron chi connectivity index (χ3n) is 4.48. The van der Waals surface area contributed by atoms with Gasteiger partial charge in [-0.2, -0.15) is 5.10 Å². The number of aromatic nitrogens is 2. The van der Waals surface area contributed by atoms with Crippen LogP contribution in [0, 0.1) is 33.5 Å². The molecule has 0 bridgehead atoms. The van der Waals surface area contributed by atoms with Gasteiger partial charge in [-0.1, -0.05) is 17.7 Å². The van der Waals surface area contributed by atoms with Gasteiger partial charge >= 0.3 is 0 Å². The Labute approximate surface area is 152 Å². The number of nitrogens with one attached hydrogen (secondary N) is 1. The standard InChI is InChI=1S/C21H22FN3O/c1-12-8-14(3)20(15(4)9-12)23-21(26)18-11-19(25(5)24-18)16-6-7-17(22)13(2)10-16/h6-11H,1-5H3,(H,23,26). The van der Waals surface area contributed by atoms with Crippen molar-refractivity contribution in [3.63, 3.8) is 0 Å². The fourth-order valence-corrected chi connectivity index (χ4v) is 3.21. The van der Waals surface area contributed by atoms with E-state index < -0.39 is 0 Å². The van der Waals surface area contributed by atoms with Gasteiger partial charge in [-0.25, -0.2) is 4.39 Å². The number of carbonyl (C=O) groups is 1. The molecule has 0 fully saturated rings. The first-order valence-corrected chi connectivity index (χ1v) is 8.46. The van der Waals surface area contributed by atoms with Crippen molar-refractivity contribution in [3.8, 4) is 11.3 Å². The predicted molar refractivity (Wildman–Crippen MR) is 102 cm³/mol. The number of carbonyl (C=O) groups excluding carboxylic acids is 1. The molecule has 1 heterocycles. The van der Waals surface area contributed by atoms with E-state index in [-0.39, 0.29) is 11.7 Å². The molecule has 0 aliphatic rings. The maximum Gasteiger partial charge on any atom is 0.276 e. The molecule has 1 N–H and O–H groups in total. The average Bonchev–Trinajstić information content (AvgIpc) is 2.95. The van der Waals surface area contributed by atoms with Gasteiger partial charge in [0.2, 0.25) is 0 Å². The highest BCUT2D eigenvalue weighted by atomic mass is 19.1. The van der Waals surface area contributed by atoms with Gasteiger partial charge in [0.05, 0.1) is 5.69 Å². The van der Waals surface area contributed by atoms with Crippen molar-refractivity contribution in [3.05, 3.63) is 70.2 Å². The van der Waals surface area contributed by atoms with Gasteiger partial charge in [-0.3, -0.25) is 9.48 Å². The summed E-state index contributed by atoms with van der Waals surface area (Å²) in [6.07, 6.45) is 0. The molecule has 134 valence electrons. The van der Waals surface area contributed by atoms with Gasteiger partial charge in [0.15, 0.2) is 5.69 Å². The minimum absolute atomic E-state index is 0.251. The summed E-state index contributed by atoms with van der Waals surface area (Å²) >= 11 is 0. The van der Waals surface area contributed by atoms with Crippen LogP contribution in [0.1, 0.15) is 32.7 Å². The second-order valence-electron chi connectivity index (χ2n) is 6.73. The second kappa shape index (κ2) is 6.75. The molecule has 5 heteroatoms. The van der Waals surface area contributed by atoms with E-state index in [0.29, 0.717) is 11.3 Å². The topological polar surface area (TPSA) is 46.9 Å². The summed E-state index contributed by atoms with van der Waals surface area (Å²) in [4.78, 5) is 12.7. The fraction of sp³-hybridized carbons (Fsp3) is 0.238. The van der Waals surface area contributed by atoms with E-state index >= 15 is 0 Å². The van der Waals surface area contributed by atoms with Crippen molar-refractivity contribution in [2.45, 2.75) is 27.7 Å². The summed E-state index contributed by atoms with van der Waals surface area (Å²) in [6, 6.07) is 10.7. The highest BCUT2D eigenvalue weighted by Gasteiger charge is 2.16. The van der Waals surface area contributed by atoms with Crippen molar-refractivity contribution in [1.29, 1.82) is 0 Å². The Kier molecular flexibility index (Phi) is 4.64. The lowest BCUT2D eigenvalue weighted by Gasteiger charge is -2.11. The minimum atomic E-state index is -0.263. The van der Waals surface area contributed by atoms with Crippen LogP contribution in [0.5, 0.6) is 0 Å². The monoisotopic (exact) mass is 351 g/mol. The van der Waals surface area contributed by atoms with Crippen molar-refractivity contribution in [2.24, 2.45) is 7.05 Å². The molecule has 4 nitrogen and oxygen atoms in total. The third kappa shape index (κ3) is 3.38. The van der Waals surface area contributed by atoms with Crippen LogP contribution in [0.25, 0.3) is 11.3 Å². The number of hydrogen-bond acceptors (Lipinski definition) is 2. The summed E-state index contributed by atoms with van der Waals surface area (Å²) in [5, 5.41) is 7.28. The van der Waals surface area contributed by atoms with E-state index in [4.69, 9.17) is 0 Å². The summed E-state index contributed by atoms with van der Waals surface area (Å²) in [5.41, 5.74) is 6.46. The summed E-state index contributed by atoms with van der Waals surface area (Å²) < 4.78 is 15.1. The molecule has 3 rings (SSSR count). The number of anilines is 1. The molecular weight excluding hydrogens is 329 g/mol. The Bertz CT molecular complexity index is 981. The molecule has 0 radical (unpaired) electrons. The van der Waals surface area contributed by atoms with Crippen LogP contribution in [0.15, 0.2) is 36.4 Å². The smallest absolute Gasteiger partial charge is 0.276 e. The zero-order valence-corrected chi connectivity index (χ0v) is 15.6. The van der Waals surface area contributed by atoms with Gasteiger partial charge in [0.25, 0.3) is 5.91 Å². The van der Waals surface area contributed by atoms with Crippen molar-refractivity contribution in [2.75, 3.05) is 5.32 Å². The third-order valence-corrected chi connectivity index (χ3v) is 4.48. The van der Waals surface area contributed by atoms with Gasteiger partial charge in [-0.05, 0) is 68.7 Å². The largest absolute Gasteiger partial charge is 0.320 e. The first kappa shape index (κ1) is 17.9. The van der Waals surface area contributed by atoms with Crippen LogP contribution in [-0.4, -0.2) is 15.7 Å². The van der Waals surface area contributed by atoms with Gasteiger partial charge in [0.1, 0.15) is 5.82 Å². The van der Waals surface area contributed by atoms with E-state index in [1.165, 1.54) is 6.07 Å². The summed E-state index contributed by atoms with van der Waals surface area (Å²) in [5.74, 6) is -0.514. The summed E-state index contributed by atoms with van der Waals surface area (Å²) in [6.45, 7) is 7.69. The van der Waals surface area contributed by atoms with Crippen molar-refractivity contribution in [1.82, 2.24) is 9.78 Å². The Hall–Kier alpha value is -2.95. The Morgan fingerprint density at radius 2 is 1.65 bits per heavy atom. The molecule has 0 saturated heterocycles. The van der Waals surface area contributed by atoms with Crippen LogP contribution in [0.4, 0.5) is 10.1 Å². The number of benzene rings is 2. The van der Waals surface area contributed by atoms with Crippen LogP contribution >= 0.6 is 0 Å². The highest BCUT2D eigenvalue weighted by Crippen LogP contribution is 2.25. The molecule has 0 spiro atoms. The number of hydrogen-bond donors (Lipinski definition) is 1. The molecule has 1 aromatic heterocycles. The zero-order valence-electron chi connectivity index (χ0n) is 15.6. The van der Waals surface area contributed by atoms with E-state index in [1.807, 2.05) is 32.9 Å². The average molecular weight is 351 g/mol. The number of rotatable bonds is 3. The van der Waals surface area contributed by atoms with E-state index in [0.717, 1.165) is 33.6 Å². The normalized spacial score (nSPS) is 10.8. The SMILES string of the molecule is Cc1cc(C)c(NC(=O)c2cc(-c3ccc(F)c(C)c3)n(C)n2)c(C)c1. The lowest BCUT2D eigenvalue weighted by atomic mass is 10.0. The maximum absolute atomic E-state index is 13.5. The quantitative estimate of drug-likeness (QED) is 0.743. The maximum atomic E-state index is 13.5. The first-order chi connectivity index (χ1) is 12.3. The van der Waals surface area contributed by atoms with Crippen LogP contribution < -0.4 is 5.32 Å². The number of nitrogens with zero attached hydrogens (tertiary/aromatic N) is 2. The van der Waals surface area contributed by atoms with Gasteiger partial charge in [0, 0.05) is 18.3 Å². The zero-order chi connectivity index (χ0) is 19.0. The lowest BCUT2D eigenvalue weighted by molar-refractivity contribution is 0.102. The minimum Gasteiger partial charge on any atom is -0.320 e. The predicted octanol–water partition coefficient (Wildman–Crippen LogP) is 4.71. The number of halogens is 1. The Morgan fingerprint density at radius 3 is 2.27 bits per heavy atom. The van der Waals surface area contributed by atoms with E-state index in [2.05, 4.69) is 10.4 Å². The number of aryl methyl sites for hydroxylation is 5. The van der Waals surface area contributed by atoms with Crippen molar-refractivity contribution >= 4 is 11.6 Å². The molecule has 0 unspecified atom stereocenters. The van der Waals surface area contributed by atoms with Crippen LogP contribution in [0.3, 0.4) is 0 Å².